The molecule has 0 unspecified atom stereocenters. The zero-order valence-corrected chi connectivity index (χ0v) is 15.5. The van der Waals surface area contributed by atoms with E-state index >= 15 is 0 Å². The average molecular weight is 446 g/mol. The van der Waals surface area contributed by atoms with E-state index in [0.29, 0.717) is 17.6 Å². The highest BCUT2D eigenvalue weighted by molar-refractivity contribution is 14.1. The molecule has 2 N–H and O–H groups in total. The number of benzene rings is 1. The quantitative estimate of drug-likeness (QED) is 0.702. The van der Waals surface area contributed by atoms with Crippen LogP contribution in [0.25, 0.3) is 11.4 Å². The number of anilines is 1. The van der Waals surface area contributed by atoms with Gasteiger partial charge in [0, 0.05) is 10.0 Å². The Morgan fingerprint density at radius 2 is 2.00 bits per heavy atom. The molecular weight excluding hydrogens is 429 g/mol. The normalized spacial score (nSPS) is 11.1. The van der Waals surface area contributed by atoms with Gasteiger partial charge in [-0.1, -0.05) is 35.8 Å². The molecule has 3 nitrogen and oxygen atoms in total. The summed E-state index contributed by atoms with van der Waals surface area (Å²) in [7, 11) is 0. The van der Waals surface area contributed by atoms with Crippen molar-refractivity contribution in [2.45, 2.75) is 27.2 Å². The second-order valence-corrected chi connectivity index (χ2v) is 7.21. The first-order valence-corrected chi connectivity index (χ1v) is 8.34. The lowest BCUT2D eigenvalue weighted by Gasteiger charge is -2.12. The van der Waals surface area contributed by atoms with Crippen LogP contribution in [0, 0.1) is 16.4 Å². The fourth-order valence-electron chi connectivity index (χ4n) is 1.96. The number of rotatable bonds is 3. The van der Waals surface area contributed by atoms with Crippen LogP contribution in [-0.2, 0) is 6.42 Å². The lowest BCUT2D eigenvalue weighted by Crippen LogP contribution is -2.07. The van der Waals surface area contributed by atoms with E-state index in [1.54, 1.807) is 0 Å². The lowest BCUT2D eigenvalue weighted by molar-refractivity contribution is 0.632. The third-order valence-corrected chi connectivity index (χ3v) is 4.74. The van der Waals surface area contributed by atoms with Gasteiger partial charge < -0.3 is 5.73 Å². The van der Waals surface area contributed by atoms with Crippen molar-refractivity contribution in [2.24, 2.45) is 5.92 Å². The molecule has 0 fully saturated rings. The molecule has 1 heterocycles. The van der Waals surface area contributed by atoms with Gasteiger partial charge in [-0.3, -0.25) is 0 Å². The third-order valence-electron chi connectivity index (χ3n) is 2.91. The highest BCUT2D eigenvalue weighted by Gasteiger charge is 2.14. The van der Waals surface area contributed by atoms with E-state index in [4.69, 9.17) is 10.7 Å². The summed E-state index contributed by atoms with van der Waals surface area (Å²) in [5.74, 6) is 1.77. The van der Waals surface area contributed by atoms with Gasteiger partial charge in [-0.2, -0.15) is 0 Å². The second-order valence-electron chi connectivity index (χ2n) is 5.27. The van der Waals surface area contributed by atoms with Crippen LogP contribution in [0.1, 0.15) is 25.1 Å². The second kappa shape index (κ2) is 6.39. The summed E-state index contributed by atoms with van der Waals surface area (Å²) >= 11 is 5.81. The topological polar surface area (TPSA) is 51.8 Å². The van der Waals surface area contributed by atoms with Crippen molar-refractivity contribution < 1.29 is 0 Å². The van der Waals surface area contributed by atoms with Gasteiger partial charge in [0.2, 0.25) is 0 Å². The maximum absolute atomic E-state index is 6.04. The highest BCUT2D eigenvalue weighted by atomic mass is 127. The third kappa shape index (κ3) is 3.49. The first-order valence-electron chi connectivity index (χ1n) is 6.47. The van der Waals surface area contributed by atoms with E-state index in [-0.39, 0.29) is 0 Å². The van der Waals surface area contributed by atoms with Crippen molar-refractivity contribution in [3.8, 4) is 11.4 Å². The zero-order chi connectivity index (χ0) is 14.9. The number of nitrogen functional groups attached to an aromatic ring is 1. The van der Waals surface area contributed by atoms with Crippen molar-refractivity contribution >= 4 is 44.3 Å². The number of aromatic nitrogens is 2. The number of halogens is 2. The summed E-state index contributed by atoms with van der Waals surface area (Å²) < 4.78 is 1.96. The molecule has 106 valence electrons. The summed E-state index contributed by atoms with van der Waals surface area (Å²) in [4.78, 5) is 9.14. The minimum atomic E-state index is 0.534. The smallest absolute Gasteiger partial charge is 0.162 e. The van der Waals surface area contributed by atoms with Gasteiger partial charge in [0.1, 0.15) is 5.82 Å². The van der Waals surface area contributed by atoms with Crippen LogP contribution >= 0.6 is 38.5 Å². The molecule has 0 radical (unpaired) electrons. The molecule has 0 aliphatic carbocycles. The summed E-state index contributed by atoms with van der Waals surface area (Å²) in [6, 6.07) is 6.15. The van der Waals surface area contributed by atoms with Crippen molar-refractivity contribution in [1.29, 1.82) is 0 Å². The Morgan fingerprint density at radius 3 is 2.60 bits per heavy atom. The molecule has 20 heavy (non-hydrogen) atoms. The van der Waals surface area contributed by atoms with Crippen molar-refractivity contribution in [3.63, 3.8) is 0 Å². The van der Waals surface area contributed by atoms with E-state index in [1.807, 2.05) is 6.07 Å². The Hall–Kier alpha value is -0.690. The van der Waals surface area contributed by atoms with Gasteiger partial charge in [0.25, 0.3) is 0 Å². The van der Waals surface area contributed by atoms with E-state index in [2.05, 4.69) is 76.4 Å². The molecule has 0 saturated heterocycles. The van der Waals surface area contributed by atoms with Gasteiger partial charge in [0.15, 0.2) is 5.82 Å². The van der Waals surface area contributed by atoms with Gasteiger partial charge >= 0.3 is 0 Å². The molecule has 5 heteroatoms. The van der Waals surface area contributed by atoms with E-state index < -0.39 is 0 Å². The molecule has 0 spiro atoms. The standard InChI is InChI=1S/C15H17BrIN3/c1-8(2)6-12-13(17)14(18)20-15(19-12)10-5-4-9(3)7-11(10)16/h4-5,7-8H,6H2,1-3H3,(H2,18,19,20). The molecule has 2 rings (SSSR count). The zero-order valence-electron chi connectivity index (χ0n) is 11.7. The molecule has 1 aromatic carbocycles. The van der Waals surface area contributed by atoms with Gasteiger partial charge in [-0.15, -0.1) is 0 Å². The summed E-state index contributed by atoms with van der Waals surface area (Å²) in [5, 5.41) is 0. The van der Waals surface area contributed by atoms with E-state index in [1.165, 1.54) is 5.56 Å². The maximum atomic E-state index is 6.04. The Kier molecular flexibility index (Phi) is 5.01. The van der Waals surface area contributed by atoms with Crippen LogP contribution in [0.2, 0.25) is 0 Å². The lowest BCUT2D eigenvalue weighted by atomic mass is 10.1. The van der Waals surface area contributed by atoms with Crippen LogP contribution in [0.5, 0.6) is 0 Å². The Bertz CT molecular complexity index is 641. The minimum Gasteiger partial charge on any atom is -0.383 e. The summed E-state index contributed by atoms with van der Waals surface area (Å²) in [6.07, 6.45) is 0.904. The fraction of sp³-hybridized carbons (Fsp3) is 0.333. The Morgan fingerprint density at radius 1 is 1.30 bits per heavy atom. The first kappa shape index (κ1) is 15.7. The monoisotopic (exact) mass is 445 g/mol. The van der Waals surface area contributed by atoms with Crippen LogP contribution < -0.4 is 5.73 Å². The highest BCUT2D eigenvalue weighted by Crippen LogP contribution is 2.29. The van der Waals surface area contributed by atoms with Gasteiger partial charge in [0.05, 0.1) is 9.26 Å². The number of hydrogen-bond donors (Lipinski definition) is 1. The largest absolute Gasteiger partial charge is 0.383 e. The van der Waals surface area contributed by atoms with Crippen LogP contribution in [0.15, 0.2) is 22.7 Å². The molecule has 0 atom stereocenters. The predicted molar refractivity (Wildman–Crippen MR) is 95.6 cm³/mol. The average Bonchev–Trinajstić information content (AvgIpc) is 2.34. The maximum Gasteiger partial charge on any atom is 0.162 e. The Balaban J connectivity index is 2.54. The van der Waals surface area contributed by atoms with Crippen LogP contribution in [0.3, 0.4) is 0 Å². The predicted octanol–water partition coefficient (Wildman–Crippen LogP) is 4.60. The minimum absolute atomic E-state index is 0.534. The molecule has 1 aromatic heterocycles. The van der Waals surface area contributed by atoms with Crippen molar-refractivity contribution in [1.82, 2.24) is 9.97 Å². The summed E-state index contributed by atoms with van der Waals surface area (Å²) in [5.41, 5.74) is 9.24. The molecule has 0 aliphatic heterocycles. The molecule has 0 aliphatic rings. The number of nitrogens with two attached hydrogens (primary N) is 1. The van der Waals surface area contributed by atoms with Crippen molar-refractivity contribution in [3.05, 3.63) is 37.5 Å². The van der Waals surface area contributed by atoms with Gasteiger partial charge in [-0.05, 0) is 59.5 Å². The number of nitrogens with zero attached hydrogens (tertiary/aromatic N) is 2. The van der Waals surface area contributed by atoms with Crippen molar-refractivity contribution in [2.75, 3.05) is 5.73 Å². The number of aryl methyl sites for hydroxylation is 1. The van der Waals surface area contributed by atoms with Crippen LogP contribution in [0.4, 0.5) is 5.82 Å². The SMILES string of the molecule is Cc1ccc(-c2nc(N)c(I)c(CC(C)C)n2)c(Br)c1. The Labute approximate surface area is 141 Å². The van der Waals surface area contributed by atoms with E-state index in [0.717, 1.165) is 25.7 Å². The molecule has 0 saturated carbocycles. The molecule has 0 amide bonds. The van der Waals surface area contributed by atoms with Crippen LogP contribution in [-0.4, -0.2) is 9.97 Å². The molecular formula is C15H17BrIN3. The van der Waals surface area contributed by atoms with Gasteiger partial charge in [-0.25, -0.2) is 9.97 Å². The van der Waals surface area contributed by atoms with E-state index in [9.17, 15) is 0 Å². The first-order chi connectivity index (χ1) is 9.38. The number of hydrogen-bond acceptors (Lipinski definition) is 3. The summed E-state index contributed by atoms with van der Waals surface area (Å²) in [6.45, 7) is 6.41. The fourth-order valence-corrected chi connectivity index (χ4v) is 3.09. The molecule has 2 aromatic rings. The molecule has 0 bridgehead atoms.